The molecule has 0 saturated heterocycles. The van der Waals surface area contributed by atoms with Crippen molar-refractivity contribution in [3.05, 3.63) is 92.1 Å². The molecule has 0 radical (unpaired) electrons. The first-order valence-corrected chi connectivity index (χ1v) is 11.8. The van der Waals surface area contributed by atoms with Crippen LogP contribution in [0.3, 0.4) is 0 Å². The maximum absolute atomic E-state index is 13.3. The normalized spacial score (nSPS) is 11.1. The van der Waals surface area contributed by atoms with Crippen LogP contribution in [0.15, 0.2) is 57.9 Å². The van der Waals surface area contributed by atoms with Crippen LogP contribution in [-0.2, 0) is 6.61 Å². The SMILES string of the molecule is Cc1cccc(COc2nc(C)n(-c3cccc(-c4nc(C(C)C)ncc4C)c3)c(=O)c2Br)n1. The van der Waals surface area contributed by atoms with Gasteiger partial charge < -0.3 is 4.74 Å². The fourth-order valence-corrected chi connectivity index (χ4v) is 4.00. The zero-order chi connectivity index (χ0) is 24.4. The van der Waals surface area contributed by atoms with E-state index in [1.165, 1.54) is 0 Å². The summed E-state index contributed by atoms with van der Waals surface area (Å²) in [5.74, 6) is 1.76. The highest BCUT2D eigenvalue weighted by molar-refractivity contribution is 9.10. The van der Waals surface area contributed by atoms with Gasteiger partial charge in [0.05, 0.1) is 17.1 Å². The van der Waals surface area contributed by atoms with Crippen LogP contribution in [0.4, 0.5) is 0 Å². The Morgan fingerprint density at radius 3 is 2.53 bits per heavy atom. The van der Waals surface area contributed by atoms with Gasteiger partial charge in [-0.1, -0.05) is 32.0 Å². The molecule has 34 heavy (non-hydrogen) atoms. The average Bonchev–Trinajstić information content (AvgIpc) is 2.81. The maximum atomic E-state index is 13.3. The molecule has 0 aliphatic heterocycles. The molecule has 0 atom stereocenters. The largest absolute Gasteiger partial charge is 0.470 e. The van der Waals surface area contributed by atoms with Crippen LogP contribution in [0.25, 0.3) is 16.9 Å². The third kappa shape index (κ3) is 4.92. The van der Waals surface area contributed by atoms with E-state index in [9.17, 15) is 4.79 Å². The minimum atomic E-state index is -0.251. The predicted molar refractivity (Wildman–Crippen MR) is 135 cm³/mol. The van der Waals surface area contributed by atoms with Crippen molar-refractivity contribution in [2.45, 2.75) is 47.1 Å². The van der Waals surface area contributed by atoms with Crippen LogP contribution < -0.4 is 10.3 Å². The Labute approximate surface area is 207 Å². The van der Waals surface area contributed by atoms with E-state index in [0.29, 0.717) is 11.5 Å². The van der Waals surface area contributed by atoms with Crippen molar-refractivity contribution in [2.24, 2.45) is 0 Å². The van der Waals surface area contributed by atoms with Gasteiger partial charge >= 0.3 is 0 Å². The van der Waals surface area contributed by atoms with Gasteiger partial charge in [-0.05, 0) is 66.5 Å². The van der Waals surface area contributed by atoms with Crippen LogP contribution in [-0.4, -0.2) is 24.5 Å². The molecule has 0 saturated carbocycles. The summed E-state index contributed by atoms with van der Waals surface area (Å²) in [5, 5.41) is 0. The molecule has 174 valence electrons. The molecule has 0 fully saturated rings. The highest BCUT2D eigenvalue weighted by Gasteiger charge is 2.17. The number of ether oxygens (including phenoxy) is 1. The van der Waals surface area contributed by atoms with E-state index >= 15 is 0 Å². The summed E-state index contributed by atoms with van der Waals surface area (Å²) in [6.07, 6.45) is 1.84. The molecule has 7 nitrogen and oxygen atoms in total. The monoisotopic (exact) mass is 519 g/mol. The van der Waals surface area contributed by atoms with Gasteiger partial charge in [0.15, 0.2) is 0 Å². The quantitative estimate of drug-likeness (QED) is 0.335. The van der Waals surface area contributed by atoms with E-state index in [1.54, 1.807) is 11.5 Å². The van der Waals surface area contributed by atoms with Gasteiger partial charge in [0, 0.05) is 23.4 Å². The van der Waals surface area contributed by atoms with Gasteiger partial charge in [0.1, 0.15) is 22.7 Å². The first-order chi connectivity index (χ1) is 16.2. The fourth-order valence-electron chi connectivity index (χ4n) is 3.62. The first-order valence-electron chi connectivity index (χ1n) is 11.0. The molecule has 0 bridgehead atoms. The van der Waals surface area contributed by atoms with Crippen molar-refractivity contribution in [1.29, 1.82) is 0 Å². The third-order valence-corrected chi connectivity index (χ3v) is 6.03. The number of rotatable bonds is 6. The zero-order valence-corrected chi connectivity index (χ0v) is 21.4. The van der Waals surface area contributed by atoms with Gasteiger partial charge in [0.2, 0.25) is 5.88 Å². The lowest BCUT2D eigenvalue weighted by Gasteiger charge is -2.15. The van der Waals surface area contributed by atoms with E-state index in [1.807, 2.05) is 62.5 Å². The number of halogens is 1. The third-order valence-electron chi connectivity index (χ3n) is 5.35. The topological polar surface area (TPSA) is 82.8 Å². The molecule has 0 spiro atoms. The molecule has 4 aromatic rings. The van der Waals surface area contributed by atoms with E-state index in [0.717, 1.165) is 34.0 Å². The van der Waals surface area contributed by atoms with Crippen molar-refractivity contribution in [3.63, 3.8) is 0 Å². The second-order valence-corrected chi connectivity index (χ2v) is 9.24. The number of pyridine rings is 1. The van der Waals surface area contributed by atoms with Crippen LogP contribution in [0.1, 0.15) is 48.4 Å². The molecule has 1 aromatic carbocycles. The molecule has 8 heteroatoms. The molecule has 4 rings (SSSR count). The lowest BCUT2D eigenvalue weighted by molar-refractivity contribution is 0.284. The van der Waals surface area contributed by atoms with Crippen LogP contribution in [0.5, 0.6) is 5.88 Å². The number of hydrogen-bond donors (Lipinski definition) is 0. The molecule has 0 N–H and O–H groups in total. The predicted octanol–water partition coefficient (Wildman–Crippen LogP) is 5.47. The summed E-state index contributed by atoms with van der Waals surface area (Å²) in [7, 11) is 0. The molecule has 0 aliphatic carbocycles. The minimum Gasteiger partial charge on any atom is -0.470 e. The summed E-state index contributed by atoms with van der Waals surface area (Å²) in [6.45, 7) is 10.0. The van der Waals surface area contributed by atoms with Gasteiger partial charge in [-0.2, -0.15) is 4.98 Å². The standard InChI is InChI=1S/C26H26BrN5O2/c1-15(2)24-28-13-16(3)23(31-24)19-9-7-11-21(12-19)32-18(5)30-25(22(27)26(32)33)34-14-20-10-6-8-17(4)29-20/h6-13,15H,14H2,1-5H3. The highest BCUT2D eigenvalue weighted by atomic mass is 79.9. The first kappa shape index (κ1) is 23.8. The maximum Gasteiger partial charge on any atom is 0.276 e. The van der Waals surface area contributed by atoms with Gasteiger partial charge in [-0.3, -0.25) is 14.3 Å². The second-order valence-electron chi connectivity index (χ2n) is 8.44. The van der Waals surface area contributed by atoms with Gasteiger partial charge in [-0.25, -0.2) is 9.97 Å². The van der Waals surface area contributed by atoms with Crippen LogP contribution in [0, 0.1) is 20.8 Å². The fraction of sp³-hybridized carbons (Fsp3) is 0.269. The highest BCUT2D eigenvalue weighted by Crippen LogP contribution is 2.26. The Bertz CT molecular complexity index is 1410. The second kappa shape index (κ2) is 9.85. The molecular formula is C26H26BrN5O2. The van der Waals surface area contributed by atoms with Crippen molar-refractivity contribution >= 4 is 15.9 Å². The van der Waals surface area contributed by atoms with E-state index in [2.05, 4.69) is 44.7 Å². The molecule has 3 heterocycles. The van der Waals surface area contributed by atoms with Crippen molar-refractivity contribution in [3.8, 4) is 22.8 Å². The van der Waals surface area contributed by atoms with E-state index in [4.69, 9.17) is 9.72 Å². The lowest BCUT2D eigenvalue weighted by atomic mass is 10.1. The van der Waals surface area contributed by atoms with Crippen molar-refractivity contribution < 1.29 is 4.74 Å². The Hall–Kier alpha value is -3.39. The Balaban J connectivity index is 1.70. The van der Waals surface area contributed by atoms with Gasteiger partial charge in [0.25, 0.3) is 5.56 Å². The number of hydrogen-bond acceptors (Lipinski definition) is 6. The van der Waals surface area contributed by atoms with Crippen molar-refractivity contribution in [2.75, 3.05) is 0 Å². The van der Waals surface area contributed by atoms with Crippen LogP contribution in [0.2, 0.25) is 0 Å². The van der Waals surface area contributed by atoms with E-state index in [-0.39, 0.29) is 28.4 Å². The Morgan fingerprint density at radius 2 is 1.79 bits per heavy atom. The lowest BCUT2D eigenvalue weighted by Crippen LogP contribution is -2.24. The molecular weight excluding hydrogens is 494 g/mol. The number of benzene rings is 1. The summed E-state index contributed by atoms with van der Waals surface area (Å²) in [4.78, 5) is 31.5. The Kier molecular flexibility index (Phi) is 6.88. The van der Waals surface area contributed by atoms with Crippen molar-refractivity contribution in [1.82, 2.24) is 24.5 Å². The smallest absolute Gasteiger partial charge is 0.276 e. The van der Waals surface area contributed by atoms with Crippen LogP contribution >= 0.6 is 15.9 Å². The summed E-state index contributed by atoms with van der Waals surface area (Å²) < 4.78 is 7.65. The number of nitrogens with zero attached hydrogens (tertiary/aromatic N) is 5. The Morgan fingerprint density at radius 1 is 1.03 bits per heavy atom. The average molecular weight is 520 g/mol. The summed E-state index contributed by atoms with van der Waals surface area (Å²) in [5.41, 5.74) is 4.85. The molecule has 3 aromatic heterocycles. The van der Waals surface area contributed by atoms with E-state index < -0.39 is 0 Å². The summed E-state index contributed by atoms with van der Waals surface area (Å²) >= 11 is 3.39. The number of aromatic nitrogens is 5. The molecule has 0 amide bonds. The summed E-state index contributed by atoms with van der Waals surface area (Å²) in [6, 6.07) is 13.4. The molecule has 0 unspecified atom stereocenters. The van der Waals surface area contributed by atoms with Gasteiger partial charge in [-0.15, -0.1) is 0 Å². The zero-order valence-electron chi connectivity index (χ0n) is 19.8. The number of aryl methyl sites for hydroxylation is 3. The minimum absolute atomic E-state index is 0.218. The molecule has 0 aliphatic rings.